The van der Waals surface area contributed by atoms with Crippen molar-refractivity contribution in [3.8, 4) is 0 Å². The summed E-state index contributed by atoms with van der Waals surface area (Å²) >= 11 is 0. The summed E-state index contributed by atoms with van der Waals surface area (Å²) in [6, 6.07) is 12.4. The summed E-state index contributed by atoms with van der Waals surface area (Å²) in [6.45, 7) is 3.47. The first-order valence-electron chi connectivity index (χ1n) is 13.3. The van der Waals surface area contributed by atoms with Gasteiger partial charge in [0.05, 0.1) is 11.8 Å². The molecule has 3 aromatic heterocycles. The Morgan fingerprint density at radius 3 is 2.71 bits per heavy atom. The Morgan fingerprint density at radius 2 is 1.93 bits per heavy atom. The Morgan fingerprint density at radius 1 is 1.12 bits per heavy atom. The monoisotopic (exact) mass is 565 g/mol. The van der Waals surface area contributed by atoms with Crippen LogP contribution in [0.3, 0.4) is 0 Å². The molecule has 4 aromatic rings. The van der Waals surface area contributed by atoms with Crippen LogP contribution in [0, 0.1) is 0 Å². The van der Waals surface area contributed by atoms with Crippen LogP contribution in [0.5, 0.6) is 0 Å². The number of ether oxygens (including phenoxy) is 3. The maximum Gasteiger partial charge on any atom is 0.519 e. The van der Waals surface area contributed by atoms with Gasteiger partial charge in [-0.1, -0.05) is 44.2 Å². The Bertz CT molecular complexity index is 1560. The highest BCUT2D eigenvalue weighted by atomic mass is 16.6. The van der Waals surface area contributed by atoms with Gasteiger partial charge in [0.1, 0.15) is 30.6 Å². The summed E-state index contributed by atoms with van der Waals surface area (Å²) < 4.78 is 28.4. The molecule has 0 spiro atoms. The smallest absolute Gasteiger partial charge is 0.462 e. The highest BCUT2D eigenvalue weighted by molar-refractivity contribution is 5.88. The standard InChI is InChI=1S/C28H31N5O8/c1-16(2)24-23(40-28(36)41-24)14-38-27(35)32-25-21-10-9-20(33(21)31-15-30-25)22-11-8-18(39-22)13-37-26(34)19(29)12-17-6-4-3-5-7-17/h3-7,9-10,15-16,18-19,22H,8,11-14,29H2,1-2H3,(H,30,31,32,35)/t18-,19-,22+/m0/s1. The molecule has 1 saturated heterocycles. The van der Waals surface area contributed by atoms with Gasteiger partial charge in [-0.3, -0.25) is 10.1 Å². The van der Waals surface area contributed by atoms with Gasteiger partial charge in [-0.05, 0) is 37.0 Å². The molecule has 13 nitrogen and oxygen atoms in total. The highest BCUT2D eigenvalue weighted by Crippen LogP contribution is 2.34. The van der Waals surface area contributed by atoms with E-state index in [1.54, 1.807) is 10.6 Å². The van der Waals surface area contributed by atoms with E-state index in [0.717, 1.165) is 11.3 Å². The topological polar surface area (TPSA) is 173 Å². The lowest BCUT2D eigenvalue weighted by molar-refractivity contribution is -0.149. The SMILES string of the molecule is CC(C)c1oc(=O)oc1COC(=O)Nc1ncnn2c([C@H]3CC[C@@H](COC(=O)[C@@H](N)Cc4ccccc4)O3)ccc12. The lowest BCUT2D eigenvalue weighted by Gasteiger charge is -2.16. The number of carbonyl (C=O) groups is 2. The molecule has 13 heteroatoms. The minimum Gasteiger partial charge on any atom is -0.462 e. The number of nitrogens with zero attached hydrogens (tertiary/aromatic N) is 3. The second-order valence-electron chi connectivity index (χ2n) is 10.0. The largest absolute Gasteiger partial charge is 0.519 e. The van der Waals surface area contributed by atoms with Gasteiger partial charge in [0.25, 0.3) is 0 Å². The van der Waals surface area contributed by atoms with Crippen molar-refractivity contribution in [3.63, 3.8) is 0 Å². The van der Waals surface area contributed by atoms with E-state index in [1.807, 2.05) is 50.2 Å². The summed E-state index contributed by atoms with van der Waals surface area (Å²) in [5, 5.41) is 6.90. The number of nitrogens with one attached hydrogen (secondary N) is 1. The van der Waals surface area contributed by atoms with Crippen molar-refractivity contribution in [3.05, 3.63) is 82.2 Å². The molecule has 1 aliphatic heterocycles. The zero-order chi connectivity index (χ0) is 28.9. The minimum atomic E-state index is -0.855. The number of nitrogens with two attached hydrogens (primary N) is 1. The lowest BCUT2D eigenvalue weighted by Crippen LogP contribution is -2.35. The highest BCUT2D eigenvalue weighted by Gasteiger charge is 2.31. The number of hydrogen-bond donors (Lipinski definition) is 2. The van der Waals surface area contributed by atoms with Crippen LogP contribution in [0.25, 0.3) is 5.52 Å². The van der Waals surface area contributed by atoms with Crippen molar-refractivity contribution in [1.29, 1.82) is 0 Å². The molecule has 0 unspecified atom stereocenters. The summed E-state index contributed by atoms with van der Waals surface area (Å²) in [6.07, 6.45) is 1.69. The van der Waals surface area contributed by atoms with E-state index >= 15 is 0 Å². The molecule has 0 bridgehead atoms. The number of hydrogen-bond acceptors (Lipinski definition) is 11. The lowest BCUT2D eigenvalue weighted by atomic mass is 10.1. The first-order chi connectivity index (χ1) is 19.8. The van der Waals surface area contributed by atoms with Crippen molar-refractivity contribution in [2.75, 3.05) is 11.9 Å². The van der Waals surface area contributed by atoms with Gasteiger partial charge in [0.2, 0.25) is 0 Å². The van der Waals surface area contributed by atoms with Crippen LogP contribution in [0.1, 0.15) is 61.5 Å². The number of fused-ring (bicyclic) bond motifs is 1. The van der Waals surface area contributed by atoms with E-state index in [4.69, 9.17) is 28.8 Å². The van der Waals surface area contributed by atoms with Crippen LogP contribution in [-0.2, 0) is 32.0 Å². The molecule has 0 saturated carbocycles. The molecule has 3 atom stereocenters. The fraction of sp³-hybridized carbons (Fsp3) is 0.393. The van der Waals surface area contributed by atoms with E-state index in [1.165, 1.54) is 6.33 Å². The van der Waals surface area contributed by atoms with Crippen LogP contribution in [0.15, 0.2) is 62.4 Å². The number of rotatable bonds is 10. The third kappa shape index (κ3) is 6.64. The van der Waals surface area contributed by atoms with Crippen LogP contribution in [-0.4, -0.2) is 45.4 Å². The third-order valence-corrected chi connectivity index (χ3v) is 6.69. The van der Waals surface area contributed by atoms with Crippen molar-refractivity contribution >= 4 is 23.4 Å². The first-order valence-corrected chi connectivity index (χ1v) is 13.3. The first kappa shape index (κ1) is 28.1. The van der Waals surface area contributed by atoms with Gasteiger partial charge >= 0.3 is 17.9 Å². The second kappa shape index (κ2) is 12.4. The van der Waals surface area contributed by atoms with Crippen LogP contribution in [0.4, 0.5) is 10.6 Å². The van der Waals surface area contributed by atoms with Crippen LogP contribution in [0.2, 0.25) is 0 Å². The van der Waals surface area contributed by atoms with Gasteiger partial charge in [0, 0.05) is 5.92 Å². The zero-order valence-corrected chi connectivity index (χ0v) is 22.6. The van der Waals surface area contributed by atoms with E-state index in [9.17, 15) is 14.4 Å². The number of esters is 1. The summed E-state index contributed by atoms with van der Waals surface area (Å²) in [4.78, 5) is 40.5. The third-order valence-electron chi connectivity index (χ3n) is 6.69. The van der Waals surface area contributed by atoms with Crippen molar-refractivity contribution in [2.24, 2.45) is 5.73 Å². The maximum absolute atomic E-state index is 12.5. The molecular weight excluding hydrogens is 534 g/mol. The average molecular weight is 566 g/mol. The predicted octanol–water partition coefficient (Wildman–Crippen LogP) is 3.48. The summed E-state index contributed by atoms with van der Waals surface area (Å²) in [5.41, 5.74) is 8.28. The van der Waals surface area contributed by atoms with Gasteiger partial charge in [0.15, 0.2) is 23.9 Å². The number of aromatic nitrogens is 3. The molecule has 1 amide bonds. The van der Waals surface area contributed by atoms with E-state index < -0.39 is 23.9 Å². The fourth-order valence-electron chi connectivity index (χ4n) is 4.70. The maximum atomic E-state index is 12.5. The average Bonchev–Trinajstić information content (AvgIpc) is 3.69. The molecule has 0 radical (unpaired) electrons. The molecule has 1 fully saturated rings. The molecule has 41 heavy (non-hydrogen) atoms. The molecule has 1 aliphatic rings. The Hall–Kier alpha value is -4.49. The second-order valence-corrected chi connectivity index (χ2v) is 10.0. The van der Waals surface area contributed by atoms with Gasteiger partial charge < -0.3 is 28.8 Å². The van der Waals surface area contributed by atoms with Gasteiger partial charge in [-0.2, -0.15) is 5.10 Å². The van der Waals surface area contributed by atoms with Crippen LogP contribution >= 0.6 is 0 Å². The predicted molar refractivity (Wildman–Crippen MR) is 144 cm³/mol. The molecular formula is C28H31N5O8. The quantitative estimate of drug-likeness (QED) is 0.269. The van der Waals surface area contributed by atoms with Gasteiger partial charge in [-0.15, -0.1) is 0 Å². The molecule has 3 N–H and O–H groups in total. The molecule has 5 rings (SSSR count). The van der Waals surface area contributed by atoms with Crippen LogP contribution < -0.4 is 16.9 Å². The minimum absolute atomic E-state index is 0.101. The summed E-state index contributed by atoms with van der Waals surface area (Å²) in [7, 11) is 0. The Balaban J connectivity index is 1.16. The van der Waals surface area contributed by atoms with E-state index in [0.29, 0.717) is 30.5 Å². The molecule has 4 heterocycles. The molecule has 1 aromatic carbocycles. The molecule has 0 aliphatic carbocycles. The molecule has 216 valence electrons. The number of anilines is 1. The number of carbonyl (C=O) groups excluding carboxylic acids is 2. The van der Waals surface area contributed by atoms with Crippen molar-refractivity contribution < 1.29 is 32.6 Å². The Labute approximate surface area is 234 Å². The summed E-state index contributed by atoms with van der Waals surface area (Å²) in [5.74, 6) is -0.750. The van der Waals surface area contributed by atoms with E-state index in [2.05, 4.69) is 15.4 Å². The van der Waals surface area contributed by atoms with Gasteiger partial charge in [-0.25, -0.2) is 19.1 Å². The zero-order valence-electron chi connectivity index (χ0n) is 22.6. The number of amides is 1. The fourth-order valence-corrected chi connectivity index (χ4v) is 4.70. The van der Waals surface area contributed by atoms with Crippen molar-refractivity contribution in [2.45, 2.75) is 63.9 Å². The van der Waals surface area contributed by atoms with E-state index in [-0.39, 0.29) is 42.9 Å². The number of benzene rings is 1. The normalized spacial score (nSPS) is 17.6. The van der Waals surface area contributed by atoms with Crippen molar-refractivity contribution in [1.82, 2.24) is 14.6 Å². The Kier molecular flexibility index (Phi) is 8.45.